The second-order valence-corrected chi connectivity index (χ2v) is 5.09. The minimum atomic E-state index is 0.839. The number of fused-ring (bicyclic) bond motifs is 1. The molecule has 0 bridgehead atoms. The number of rotatable bonds is 4. The van der Waals surface area contributed by atoms with Crippen LogP contribution in [-0.2, 0) is 4.74 Å². The Morgan fingerprint density at radius 2 is 2.29 bits per heavy atom. The van der Waals surface area contributed by atoms with Crippen LogP contribution in [0, 0.1) is 0 Å². The summed E-state index contributed by atoms with van der Waals surface area (Å²) in [5, 5.41) is 3.42. The minimum Gasteiger partial charge on any atom is -0.379 e. The second-order valence-electron chi connectivity index (χ2n) is 5.09. The number of aliphatic imine (C=N–C) groups is 1. The Balaban J connectivity index is 1.59. The van der Waals surface area contributed by atoms with E-state index in [4.69, 9.17) is 4.74 Å². The Hall–Kier alpha value is -1.92. The normalized spacial score (nSPS) is 17.3. The number of aromatic nitrogens is 2. The van der Waals surface area contributed by atoms with Gasteiger partial charge < -0.3 is 15.0 Å². The molecule has 1 aliphatic heterocycles. The number of imidazole rings is 1. The molecule has 3 rings (SSSR count). The first-order valence-electron chi connectivity index (χ1n) is 7.31. The highest BCUT2D eigenvalue weighted by Gasteiger charge is 2.10. The van der Waals surface area contributed by atoms with Crippen molar-refractivity contribution < 1.29 is 4.74 Å². The molecule has 1 aromatic heterocycles. The summed E-state index contributed by atoms with van der Waals surface area (Å²) in [4.78, 5) is 14.1. The van der Waals surface area contributed by atoms with Crippen LogP contribution in [0.2, 0.25) is 0 Å². The lowest BCUT2D eigenvalue weighted by Gasteiger charge is -2.26. The average molecular weight is 287 g/mol. The number of benzene rings is 1. The van der Waals surface area contributed by atoms with Crippen molar-refractivity contribution in [2.75, 3.05) is 46.4 Å². The van der Waals surface area contributed by atoms with Crippen LogP contribution in [-0.4, -0.2) is 67.1 Å². The molecule has 2 N–H and O–H groups in total. The van der Waals surface area contributed by atoms with E-state index in [2.05, 4.69) is 31.2 Å². The predicted octanol–water partition coefficient (Wildman–Crippen LogP) is 0.861. The molecule has 2 aromatic rings. The van der Waals surface area contributed by atoms with E-state index >= 15 is 0 Å². The standard InChI is InChI=1S/C15H21N5O/c1-16-15(17-4-5-20-6-8-21-9-7-20)12-2-3-13-14(10-12)19-11-18-13/h2-3,10-11H,4-9H2,1H3,(H,16,17)(H,18,19). The SMILES string of the molecule is CN=C(NCCN1CCOCC1)c1ccc2nc[nH]c2c1. The van der Waals surface area contributed by atoms with Gasteiger partial charge in [-0.05, 0) is 18.2 Å². The van der Waals surface area contributed by atoms with E-state index in [1.807, 2.05) is 19.2 Å². The molecular formula is C15H21N5O. The highest BCUT2D eigenvalue weighted by atomic mass is 16.5. The van der Waals surface area contributed by atoms with Gasteiger partial charge in [-0.25, -0.2) is 4.98 Å². The summed E-state index contributed by atoms with van der Waals surface area (Å²) in [6.07, 6.45) is 1.71. The lowest BCUT2D eigenvalue weighted by Crippen LogP contribution is -2.41. The molecule has 0 amide bonds. The zero-order valence-electron chi connectivity index (χ0n) is 12.3. The summed E-state index contributed by atoms with van der Waals surface area (Å²) >= 11 is 0. The summed E-state index contributed by atoms with van der Waals surface area (Å²) in [7, 11) is 1.81. The molecule has 21 heavy (non-hydrogen) atoms. The lowest BCUT2D eigenvalue weighted by molar-refractivity contribution is 0.0389. The second kappa shape index (κ2) is 6.69. The molecular weight excluding hydrogens is 266 g/mol. The number of aromatic amines is 1. The van der Waals surface area contributed by atoms with Gasteiger partial charge in [0.1, 0.15) is 5.84 Å². The topological polar surface area (TPSA) is 65.5 Å². The van der Waals surface area contributed by atoms with Crippen LogP contribution >= 0.6 is 0 Å². The number of H-pyrrole nitrogens is 1. The number of hydrogen-bond acceptors (Lipinski definition) is 4. The fourth-order valence-electron chi connectivity index (χ4n) is 2.55. The molecule has 1 aromatic carbocycles. The van der Waals surface area contributed by atoms with Crippen molar-refractivity contribution in [2.24, 2.45) is 4.99 Å². The molecule has 0 radical (unpaired) electrons. The molecule has 0 saturated carbocycles. The van der Waals surface area contributed by atoms with E-state index in [-0.39, 0.29) is 0 Å². The van der Waals surface area contributed by atoms with Gasteiger partial charge >= 0.3 is 0 Å². The zero-order valence-corrected chi connectivity index (χ0v) is 12.3. The third kappa shape index (κ3) is 3.40. The van der Waals surface area contributed by atoms with Crippen LogP contribution in [0.25, 0.3) is 11.0 Å². The molecule has 2 heterocycles. The number of nitrogens with one attached hydrogen (secondary N) is 2. The zero-order chi connectivity index (χ0) is 14.5. The third-order valence-corrected chi connectivity index (χ3v) is 3.74. The first kappa shape index (κ1) is 14.0. The number of morpholine rings is 1. The largest absolute Gasteiger partial charge is 0.379 e. The van der Waals surface area contributed by atoms with E-state index in [9.17, 15) is 0 Å². The lowest BCUT2D eigenvalue weighted by atomic mass is 10.2. The number of amidine groups is 1. The Kier molecular flexibility index (Phi) is 4.47. The van der Waals surface area contributed by atoms with E-state index in [0.717, 1.165) is 61.8 Å². The van der Waals surface area contributed by atoms with Gasteiger partial charge in [0, 0.05) is 38.8 Å². The van der Waals surface area contributed by atoms with E-state index in [0.29, 0.717) is 0 Å². The molecule has 6 heteroatoms. The van der Waals surface area contributed by atoms with Crippen molar-refractivity contribution >= 4 is 16.9 Å². The fraction of sp³-hybridized carbons (Fsp3) is 0.467. The van der Waals surface area contributed by atoms with Gasteiger partial charge in [0.25, 0.3) is 0 Å². The highest BCUT2D eigenvalue weighted by molar-refractivity contribution is 6.01. The maximum Gasteiger partial charge on any atom is 0.128 e. The smallest absolute Gasteiger partial charge is 0.128 e. The van der Waals surface area contributed by atoms with Crippen molar-refractivity contribution in [3.8, 4) is 0 Å². The van der Waals surface area contributed by atoms with Crippen LogP contribution in [0.4, 0.5) is 0 Å². The van der Waals surface area contributed by atoms with Crippen molar-refractivity contribution in [1.82, 2.24) is 20.2 Å². The monoisotopic (exact) mass is 287 g/mol. The number of ether oxygens (including phenoxy) is 1. The van der Waals surface area contributed by atoms with Crippen LogP contribution in [0.1, 0.15) is 5.56 Å². The predicted molar refractivity (Wildman–Crippen MR) is 83.8 cm³/mol. The average Bonchev–Trinajstić information content (AvgIpc) is 3.00. The van der Waals surface area contributed by atoms with E-state index in [1.54, 1.807) is 6.33 Å². The minimum absolute atomic E-state index is 0.839. The Morgan fingerprint density at radius 3 is 3.10 bits per heavy atom. The fourth-order valence-corrected chi connectivity index (χ4v) is 2.55. The van der Waals surface area contributed by atoms with Crippen LogP contribution in [0.15, 0.2) is 29.5 Å². The van der Waals surface area contributed by atoms with Crippen LogP contribution in [0.5, 0.6) is 0 Å². The van der Waals surface area contributed by atoms with Crippen molar-refractivity contribution in [2.45, 2.75) is 0 Å². The molecule has 1 fully saturated rings. The quantitative estimate of drug-likeness (QED) is 0.646. The maximum absolute atomic E-state index is 5.36. The molecule has 0 aliphatic carbocycles. The Labute approximate surface area is 124 Å². The highest BCUT2D eigenvalue weighted by Crippen LogP contribution is 2.11. The van der Waals surface area contributed by atoms with Crippen LogP contribution in [0.3, 0.4) is 0 Å². The van der Waals surface area contributed by atoms with Gasteiger partial charge in [0.05, 0.1) is 30.6 Å². The van der Waals surface area contributed by atoms with Gasteiger partial charge in [-0.1, -0.05) is 0 Å². The molecule has 6 nitrogen and oxygen atoms in total. The molecule has 1 aliphatic rings. The van der Waals surface area contributed by atoms with Crippen LogP contribution < -0.4 is 5.32 Å². The van der Waals surface area contributed by atoms with E-state index < -0.39 is 0 Å². The molecule has 0 atom stereocenters. The maximum atomic E-state index is 5.36. The van der Waals surface area contributed by atoms with Gasteiger partial charge in [-0.3, -0.25) is 9.89 Å². The van der Waals surface area contributed by atoms with Crippen molar-refractivity contribution in [1.29, 1.82) is 0 Å². The molecule has 1 saturated heterocycles. The van der Waals surface area contributed by atoms with Gasteiger partial charge in [-0.2, -0.15) is 0 Å². The van der Waals surface area contributed by atoms with Crippen molar-refractivity contribution in [3.05, 3.63) is 30.1 Å². The van der Waals surface area contributed by atoms with E-state index in [1.165, 1.54) is 0 Å². The summed E-state index contributed by atoms with van der Waals surface area (Å²) < 4.78 is 5.36. The van der Waals surface area contributed by atoms with Gasteiger partial charge in [0.2, 0.25) is 0 Å². The Morgan fingerprint density at radius 1 is 1.43 bits per heavy atom. The number of nitrogens with zero attached hydrogens (tertiary/aromatic N) is 3. The summed E-state index contributed by atoms with van der Waals surface area (Å²) in [5.74, 6) is 0.916. The molecule has 0 unspecified atom stereocenters. The number of hydrogen-bond donors (Lipinski definition) is 2. The summed E-state index contributed by atoms with van der Waals surface area (Å²) in [6.45, 7) is 5.60. The molecule has 112 valence electrons. The summed E-state index contributed by atoms with van der Waals surface area (Å²) in [5.41, 5.74) is 3.09. The van der Waals surface area contributed by atoms with Gasteiger partial charge in [-0.15, -0.1) is 0 Å². The molecule has 0 spiro atoms. The van der Waals surface area contributed by atoms with Crippen molar-refractivity contribution in [3.63, 3.8) is 0 Å². The van der Waals surface area contributed by atoms with Gasteiger partial charge in [0.15, 0.2) is 0 Å². The Bertz CT molecular complexity index is 615. The third-order valence-electron chi connectivity index (χ3n) is 3.74. The first-order chi connectivity index (χ1) is 10.4. The first-order valence-corrected chi connectivity index (χ1v) is 7.31. The summed E-state index contributed by atoms with van der Waals surface area (Å²) in [6, 6.07) is 6.13.